The number of fused-ring (bicyclic) bond motifs is 3. The highest BCUT2D eigenvalue weighted by molar-refractivity contribution is 5.35. The van der Waals surface area contributed by atoms with Crippen molar-refractivity contribution in [3.8, 4) is 0 Å². The van der Waals surface area contributed by atoms with Crippen LogP contribution in [-0.2, 0) is 6.54 Å². The quantitative estimate of drug-likeness (QED) is 0.604. The summed E-state index contributed by atoms with van der Waals surface area (Å²) in [5, 5.41) is 23.0. The van der Waals surface area contributed by atoms with Crippen LogP contribution in [-0.4, -0.2) is 28.5 Å². The van der Waals surface area contributed by atoms with E-state index in [4.69, 9.17) is 0 Å². The van der Waals surface area contributed by atoms with E-state index in [1.165, 1.54) is 11.1 Å². The van der Waals surface area contributed by atoms with Crippen molar-refractivity contribution in [2.24, 2.45) is 0 Å². The Morgan fingerprint density at radius 1 is 1.12 bits per heavy atom. The lowest BCUT2D eigenvalue weighted by molar-refractivity contribution is -0.0395. The molecule has 1 aliphatic heterocycles. The van der Waals surface area contributed by atoms with Crippen molar-refractivity contribution < 1.29 is 10.2 Å². The van der Waals surface area contributed by atoms with Crippen LogP contribution in [0.5, 0.6) is 0 Å². The first-order valence-corrected chi connectivity index (χ1v) is 5.94. The molecule has 86 valence electrons. The Morgan fingerprint density at radius 3 is 2.81 bits per heavy atom. The fourth-order valence-electron chi connectivity index (χ4n) is 3.07. The van der Waals surface area contributed by atoms with Crippen LogP contribution in [0.2, 0.25) is 0 Å². The number of rotatable bonds is 0. The first-order valence-electron chi connectivity index (χ1n) is 5.94. The molecule has 0 amide bonds. The van der Waals surface area contributed by atoms with Crippen molar-refractivity contribution in [2.75, 3.05) is 0 Å². The van der Waals surface area contributed by atoms with E-state index in [-0.39, 0.29) is 6.04 Å². The molecule has 3 nitrogen and oxygen atoms in total. The number of nitrogens with one attached hydrogen (secondary N) is 1. The SMILES string of the molecule is O[C@H]1[C@@H]2NCc3ccccc3[C@@H]2CC[C@H]1O. The number of aliphatic hydroxyl groups excluding tert-OH is 2. The van der Waals surface area contributed by atoms with Crippen LogP contribution >= 0.6 is 0 Å². The Morgan fingerprint density at radius 2 is 1.94 bits per heavy atom. The molecule has 0 radical (unpaired) electrons. The van der Waals surface area contributed by atoms with Crippen molar-refractivity contribution in [1.82, 2.24) is 5.32 Å². The van der Waals surface area contributed by atoms with Crippen LogP contribution in [0.3, 0.4) is 0 Å². The van der Waals surface area contributed by atoms with E-state index < -0.39 is 12.2 Å². The first kappa shape index (κ1) is 10.3. The van der Waals surface area contributed by atoms with Gasteiger partial charge in [0, 0.05) is 18.5 Å². The summed E-state index contributed by atoms with van der Waals surface area (Å²) in [5.74, 6) is 0.350. The predicted octanol–water partition coefficient (Wildman–Crippen LogP) is 0.758. The van der Waals surface area contributed by atoms with Crippen LogP contribution in [0.15, 0.2) is 24.3 Å². The minimum absolute atomic E-state index is 0.0126. The Kier molecular flexibility index (Phi) is 2.46. The number of hydrogen-bond donors (Lipinski definition) is 3. The van der Waals surface area contributed by atoms with E-state index in [0.717, 1.165) is 13.0 Å². The predicted molar refractivity (Wildman–Crippen MR) is 61.1 cm³/mol. The monoisotopic (exact) mass is 219 g/mol. The average Bonchev–Trinajstić information content (AvgIpc) is 2.33. The lowest BCUT2D eigenvalue weighted by atomic mass is 9.73. The molecule has 0 spiro atoms. The van der Waals surface area contributed by atoms with Gasteiger partial charge in [-0.3, -0.25) is 0 Å². The maximum Gasteiger partial charge on any atom is 0.0957 e. The third kappa shape index (κ3) is 1.47. The molecule has 2 aliphatic rings. The molecular formula is C13H17NO2. The smallest absolute Gasteiger partial charge is 0.0957 e. The zero-order valence-corrected chi connectivity index (χ0v) is 9.13. The minimum Gasteiger partial charge on any atom is -0.390 e. The second-order valence-electron chi connectivity index (χ2n) is 4.85. The molecule has 16 heavy (non-hydrogen) atoms. The van der Waals surface area contributed by atoms with E-state index in [1.54, 1.807) is 0 Å². The van der Waals surface area contributed by atoms with Gasteiger partial charge in [0.2, 0.25) is 0 Å². The lowest BCUT2D eigenvalue weighted by Crippen LogP contribution is -2.54. The highest BCUT2D eigenvalue weighted by atomic mass is 16.3. The standard InChI is InChI=1S/C13H17NO2/c15-11-6-5-10-9-4-2-1-3-8(9)7-14-12(10)13(11)16/h1-4,10-16H,5-7H2/t10-,11+,12+,13+/m0/s1. The summed E-state index contributed by atoms with van der Waals surface area (Å²) in [7, 11) is 0. The van der Waals surface area contributed by atoms with Gasteiger partial charge in [0.05, 0.1) is 12.2 Å². The van der Waals surface area contributed by atoms with Gasteiger partial charge in [-0.05, 0) is 24.0 Å². The van der Waals surface area contributed by atoms with Gasteiger partial charge < -0.3 is 15.5 Å². The Labute approximate surface area is 95.1 Å². The van der Waals surface area contributed by atoms with Crippen molar-refractivity contribution in [3.05, 3.63) is 35.4 Å². The van der Waals surface area contributed by atoms with Crippen LogP contribution in [0.1, 0.15) is 29.9 Å². The zero-order valence-electron chi connectivity index (χ0n) is 9.13. The molecule has 3 rings (SSSR count). The van der Waals surface area contributed by atoms with Gasteiger partial charge in [-0.1, -0.05) is 24.3 Å². The highest BCUT2D eigenvalue weighted by Crippen LogP contribution is 2.37. The second-order valence-corrected chi connectivity index (χ2v) is 4.85. The van der Waals surface area contributed by atoms with E-state index in [9.17, 15) is 10.2 Å². The topological polar surface area (TPSA) is 52.5 Å². The molecule has 1 aliphatic carbocycles. The number of benzene rings is 1. The summed E-state index contributed by atoms with van der Waals surface area (Å²) in [6.45, 7) is 0.793. The maximum absolute atomic E-state index is 9.99. The summed E-state index contributed by atoms with van der Waals surface area (Å²) in [5.41, 5.74) is 2.67. The van der Waals surface area contributed by atoms with Crippen molar-refractivity contribution >= 4 is 0 Å². The molecule has 3 heteroatoms. The van der Waals surface area contributed by atoms with Crippen LogP contribution in [0.4, 0.5) is 0 Å². The van der Waals surface area contributed by atoms with E-state index in [2.05, 4.69) is 29.6 Å². The molecule has 1 aromatic rings. The van der Waals surface area contributed by atoms with Gasteiger partial charge in [-0.15, -0.1) is 0 Å². The summed E-state index contributed by atoms with van der Waals surface area (Å²) in [4.78, 5) is 0. The van der Waals surface area contributed by atoms with Gasteiger partial charge in [0.15, 0.2) is 0 Å². The fourth-order valence-corrected chi connectivity index (χ4v) is 3.07. The Hall–Kier alpha value is -0.900. The molecule has 0 bridgehead atoms. The number of aliphatic hydroxyl groups is 2. The largest absolute Gasteiger partial charge is 0.390 e. The second kappa shape index (κ2) is 3.84. The number of hydrogen-bond acceptors (Lipinski definition) is 3. The molecular weight excluding hydrogens is 202 g/mol. The molecule has 4 atom stereocenters. The minimum atomic E-state index is -0.632. The fraction of sp³-hybridized carbons (Fsp3) is 0.538. The van der Waals surface area contributed by atoms with Crippen LogP contribution < -0.4 is 5.32 Å². The molecule has 1 heterocycles. The third-order valence-corrected chi connectivity index (χ3v) is 3.95. The molecule has 1 saturated carbocycles. The molecule has 1 fully saturated rings. The third-order valence-electron chi connectivity index (χ3n) is 3.95. The van der Waals surface area contributed by atoms with E-state index in [0.29, 0.717) is 12.3 Å². The van der Waals surface area contributed by atoms with Gasteiger partial charge in [-0.2, -0.15) is 0 Å². The van der Waals surface area contributed by atoms with Gasteiger partial charge >= 0.3 is 0 Å². The first-order chi connectivity index (χ1) is 7.77. The van der Waals surface area contributed by atoms with E-state index >= 15 is 0 Å². The van der Waals surface area contributed by atoms with Gasteiger partial charge in [0.1, 0.15) is 0 Å². The van der Waals surface area contributed by atoms with Crippen molar-refractivity contribution in [1.29, 1.82) is 0 Å². The zero-order chi connectivity index (χ0) is 11.1. The Bertz CT molecular complexity index is 393. The molecule has 1 aromatic carbocycles. The average molecular weight is 219 g/mol. The van der Waals surface area contributed by atoms with Crippen molar-refractivity contribution in [3.63, 3.8) is 0 Å². The summed E-state index contributed by atoms with van der Waals surface area (Å²) >= 11 is 0. The maximum atomic E-state index is 9.99. The Balaban J connectivity index is 1.96. The van der Waals surface area contributed by atoms with Crippen molar-refractivity contribution in [2.45, 2.75) is 43.6 Å². The van der Waals surface area contributed by atoms with E-state index in [1.807, 2.05) is 0 Å². The normalized spacial score (nSPS) is 37.6. The molecule has 0 unspecified atom stereocenters. The molecule has 0 saturated heterocycles. The van der Waals surface area contributed by atoms with Gasteiger partial charge in [-0.25, -0.2) is 0 Å². The molecule has 3 N–H and O–H groups in total. The van der Waals surface area contributed by atoms with Crippen LogP contribution in [0.25, 0.3) is 0 Å². The summed E-state index contributed by atoms with van der Waals surface area (Å²) in [6, 6.07) is 8.40. The highest BCUT2D eigenvalue weighted by Gasteiger charge is 2.40. The molecule has 0 aromatic heterocycles. The van der Waals surface area contributed by atoms with Crippen LogP contribution in [0, 0.1) is 0 Å². The lowest BCUT2D eigenvalue weighted by Gasteiger charge is -2.43. The van der Waals surface area contributed by atoms with Gasteiger partial charge in [0.25, 0.3) is 0 Å². The summed E-state index contributed by atoms with van der Waals surface area (Å²) in [6.07, 6.45) is 0.441. The summed E-state index contributed by atoms with van der Waals surface area (Å²) < 4.78 is 0.